The molecule has 0 saturated carbocycles. The van der Waals surface area contributed by atoms with E-state index in [0.29, 0.717) is 30.8 Å². The molecule has 0 spiro atoms. The Labute approximate surface area is 119 Å². The summed E-state index contributed by atoms with van der Waals surface area (Å²) < 4.78 is 26.4. The van der Waals surface area contributed by atoms with E-state index in [1.54, 1.807) is 24.3 Å². The fourth-order valence-electron chi connectivity index (χ4n) is 2.43. The van der Waals surface area contributed by atoms with Gasteiger partial charge in [-0.25, -0.2) is 8.42 Å². The summed E-state index contributed by atoms with van der Waals surface area (Å²) in [4.78, 5) is 0.295. The van der Waals surface area contributed by atoms with Gasteiger partial charge in [0.15, 0.2) is 0 Å². The molecule has 1 heterocycles. The number of sulfonamides is 1. The van der Waals surface area contributed by atoms with Gasteiger partial charge in [0.05, 0.1) is 18.1 Å². The number of aliphatic hydroxyl groups is 2. The standard InChI is InChI=1S/C14H21NO4S/c1-12-2-4-13(5-3-12)20(18,19)15-8-6-14(10-16,11-17)7-9-15/h2-5,16-17H,6-11H2,1H3. The van der Waals surface area contributed by atoms with Crippen molar-refractivity contribution >= 4 is 10.0 Å². The monoisotopic (exact) mass is 299 g/mol. The molecule has 1 fully saturated rings. The largest absolute Gasteiger partial charge is 0.396 e. The molecular weight excluding hydrogens is 278 g/mol. The van der Waals surface area contributed by atoms with Crippen molar-refractivity contribution in [1.82, 2.24) is 4.31 Å². The number of hydrogen-bond acceptors (Lipinski definition) is 4. The number of rotatable bonds is 4. The number of aliphatic hydroxyl groups excluding tert-OH is 2. The van der Waals surface area contributed by atoms with Crippen molar-refractivity contribution in [1.29, 1.82) is 0 Å². The molecule has 0 radical (unpaired) electrons. The molecule has 0 unspecified atom stereocenters. The molecule has 1 aliphatic rings. The van der Waals surface area contributed by atoms with E-state index in [-0.39, 0.29) is 13.2 Å². The van der Waals surface area contributed by atoms with Crippen LogP contribution in [0, 0.1) is 12.3 Å². The Bertz CT molecular complexity index is 539. The summed E-state index contributed by atoms with van der Waals surface area (Å²) >= 11 is 0. The minimum absolute atomic E-state index is 0.109. The molecule has 6 heteroatoms. The first-order valence-corrected chi connectivity index (χ1v) is 8.16. The summed E-state index contributed by atoms with van der Waals surface area (Å²) in [5, 5.41) is 18.7. The molecule has 0 atom stereocenters. The second-order valence-electron chi connectivity index (χ2n) is 5.53. The van der Waals surface area contributed by atoms with Crippen LogP contribution in [0.5, 0.6) is 0 Å². The summed E-state index contributed by atoms with van der Waals surface area (Å²) in [6.45, 7) is 2.35. The van der Waals surface area contributed by atoms with Gasteiger partial charge in [0.2, 0.25) is 10.0 Å². The van der Waals surface area contributed by atoms with E-state index in [9.17, 15) is 18.6 Å². The van der Waals surface area contributed by atoms with Crippen molar-refractivity contribution < 1.29 is 18.6 Å². The van der Waals surface area contributed by atoms with E-state index < -0.39 is 15.4 Å². The maximum atomic E-state index is 12.5. The second kappa shape index (κ2) is 5.81. The SMILES string of the molecule is Cc1ccc(S(=O)(=O)N2CCC(CO)(CO)CC2)cc1. The summed E-state index contributed by atoms with van der Waals surface area (Å²) in [7, 11) is -3.48. The first-order valence-electron chi connectivity index (χ1n) is 6.72. The molecule has 0 bridgehead atoms. The van der Waals surface area contributed by atoms with Crippen LogP contribution in [-0.4, -0.2) is 49.2 Å². The highest BCUT2D eigenvalue weighted by atomic mass is 32.2. The van der Waals surface area contributed by atoms with Crippen LogP contribution < -0.4 is 0 Å². The molecule has 1 aromatic carbocycles. The molecular formula is C14H21NO4S. The molecule has 112 valence electrons. The fraction of sp³-hybridized carbons (Fsp3) is 0.571. The van der Waals surface area contributed by atoms with Gasteiger partial charge in [-0.15, -0.1) is 0 Å². The van der Waals surface area contributed by atoms with Crippen molar-refractivity contribution in [3.05, 3.63) is 29.8 Å². The van der Waals surface area contributed by atoms with Crippen molar-refractivity contribution in [3.63, 3.8) is 0 Å². The lowest BCUT2D eigenvalue weighted by atomic mass is 9.81. The smallest absolute Gasteiger partial charge is 0.243 e. The summed E-state index contributed by atoms with van der Waals surface area (Å²) in [5.74, 6) is 0. The summed E-state index contributed by atoms with van der Waals surface area (Å²) in [6.07, 6.45) is 0.955. The quantitative estimate of drug-likeness (QED) is 0.860. The van der Waals surface area contributed by atoms with E-state index in [2.05, 4.69) is 0 Å². The molecule has 2 rings (SSSR count). The first-order chi connectivity index (χ1) is 9.43. The highest BCUT2D eigenvalue weighted by Gasteiger charge is 2.37. The van der Waals surface area contributed by atoms with Gasteiger partial charge in [-0.05, 0) is 31.9 Å². The van der Waals surface area contributed by atoms with Crippen LogP contribution >= 0.6 is 0 Å². The Hall–Kier alpha value is -0.950. The normalized spacial score (nSPS) is 19.9. The second-order valence-corrected chi connectivity index (χ2v) is 7.47. The minimum Gasteiger partial charge on any atom is -0.396 e. The molecule has 1 aliphatic heterocycles. The summed E-state index contributed by atoms with van der Waals surface area (Å²) in [6, 6.07) is 6.79. The Balaban J connectivity index is 2.15. The minimum atomic E-state index is -3.48. The van der Waals surface area contributed by atoms with Gasteiger partial charge in [0.25, 0.3) is 0 Å². The third-order valence-corrected chi connectivity index (χ3v) is 6.03. The first kappa shape index (κ1) is 15.4. The third kappa shape index (κ3) is 2.88. The van der Waals surface area contributed by atoms with Crippen LogP contribution in [0.2, 0.25) is 0 Å². The number of nitrogens with zero attached hydrogens (tertiary/aromatic N) is 1. The van der Waals surface area contributed by atoms with E-state index >= 15 is 0 Å². The lowest BCUT2D eigenvalue weighted by Crippen LogP contribution is -2.46. The zero-order valence-corrected chi connectivity index (χ0v) is 12.4. The van der Waals surface area contributed by atoms with E-state index in [1.807, 2.05) is 6.92 Å². The van der Waals surface area contributed by atoms with E-state index in [4.69, 9.17) is 0 Å². The van der Waals surface area contributed by atoms with Crippen LogP contribution in [0.25, 0.3) is 0 Å². The van der Waals surface area contributed by atoms with Gasteiger partial charge in [-0.1, -0.05) is 17.7 Å². The van der Waals surface area contributed by atoms with Crippen LogP contribution in [0.3, 0.4) is 0 Å². The van der Waals surface area contributed by atoms with Crippen molar-refractivity contribution in [3.8, 4) is 0 Å². The van der Waals surface area contributed by atoms with Crippen LogP contribution in [0.1, 0.15) is 18.4 Å². The maximum absolute atomic E-state index is 12.5. The highest BCUT2D eigenvalue weighted by molar-refractivity contribution is 7.89. The van der Waals surface area contributed by atoms with E-state index in [1.165, 1.54) is 4.31 Å². The van der Waals surface area contributed by atoms with Crippen molar-refractivity contribution in [2.24, 2.45) is 5.41 Å². The Morgan fingerprint density at radius 2 is 1.60 bits per heavy atom. The lowest BCUT2D eigenvalue weighted by Gasteiger charge is -2.38. The average molecular weight is 299 g/mol. The molecule has 2 N–H and O–H groups in total. The van der Waals surface area contributed by atoms with Gasteiger partial charge in [-0.2, -0.15) is 4.31 Å². The van der Waals surface area contributed by atoms with Gasteiger partial charge in [0.1, 0.15) is 0 Å². The van der Waals surface area contributed by atoms with Crippen LogP contribution in [-0.2, 0) is 10.0 Å². The van der Waals surface area contributed by atoms with Gasteiger partial charge in [0, 0.05) is 18.5 Å². The molecule has 1 aromatic rings. The third-order valence-electron chi connectivity index (χ3n) is 4.11. The molecule has 5 nitrogen and oxygen atoms in total. The van der Waals surface area contributed by atoms with Gasteiger partial charge >= 0.3 is 0 Å². The molecule has 1 saturated heterocycles. The van der Waals surface area contributed by atoms with E-state index in [0.717, 1.165) is 5.56 Å². The average Bonchev–Trinajstić information content (AvgIpc) is 2.47. The van der Waals surface area contributed by atoms with Crippen LogP contribution in [0.4, 0.5) is 0 Å². The van der Waals surface area contributed by atoms with Crippen molar-refractivity contribution in [2.45, 2.75) is 24.7 Å². The lowest BCUT2D eigenvalue weighted by molar-refractivity contribution is 0.0146. The predicted octanol–water partition coefficient (Wildman–Crippen LogP) is 0.751. The molecule has 0 amide bonds. The Morgan fingerprint density at radius 3 is 2.05 bits per heavy atom. The fourth-order valence-corrected chi connectivity index (χ4v) is 3.87. The topological polar surface area (TPSA) is 77.8 Å². The maximum Gasteiger partial charge on any atom is 0.243 e. The highest BCUT2D eigenvalue weighted by Crippen LogP contribution is 2.32. The molecule has 0 aliphatic carbocycles. The zero-order valence-electron chi connectivity index (χ0n) is 11.6. The number of piperidine rings is 1. The number of aryl methyl sites for hydroxylation is 1. The molecule has 0 aromatic heterocycles. The number of benzene rings is 1. The Morgan fingerprint density at radius 1 is 1.10 bits per heavy atom. The van der Waals surface area contributed by atoms with Gasteiger partial charge < -0.3 is 10.2 Å². The Kier molecular flexibility index (Phi) is 4.49. The summed E-state index contributed by atoms with van der Waals surface area (Å²) in [5.41, 5.74) is 0.474. The van der Waals surface area contributed by atoms with Crippen molar-refractivity contribution in [2.75, 3.05) is 26.3 Å². The zero-order chi connectivity index (χ0) is 14.8. The van der Waals surface area contributed by atoms with Crippen LogP contribution in [0.15, 0.2) is 29.2 Å². The molecule has 20 heavy (non-hydrogen) atoms. The van der Waals surface area contributed by atoms with Gasteiger partial charge in [-0.3, -0.25) is 0 Å². The predicted molar refractivity (Wildman–Crippen MR) is 75.8 cm³/mol. The number of hydrogen-bond donors (Lipinski definition) is 2.